The van der Waals surface area contributed by atoms with E-state index in [1.807, 2.05) is 0 Å². The van der Waals surface area contributed by atoms with E-state index in [0.29, 0.717) is 22.5 Å². The topological polar surface area (TPSA) is 94.3 Å². The van der Waals surface area contributed by atoms with Crippen LogP contribution in [0.25, 0.3) is 0 Å². The van der Waals surface area contributed by atoms with Crippen molar-refractivity contribution in [3.05, 3.63) is 41.1 Å². The van der Waals surface area contributed by atoms with Crippen molar-refractivity contribution in [1.82, 2.24) is 4.98 Å². The standard InChI is InChI=1S/C13H14BrN3O3S/c1-2-20-12-4-3-9(15)7-13(12)21(18,19)17-11-5-6-16-8-10(11)14/h3-8H,2,15H2,1H3,(H,16,17). The molecule has 0 aliphatic heterocycles. The molecule has 8 heteroatoms. The van der Waals surface area contributed by atoms with Gasteiger partial charge in [0.25, 0.3) is 10.0 Å². The van der Waals surface area contributed by atoms with Crippen molar-refractivity contribution in [3.8, 4) is 5.75 Å². The Morgan fingerprint density at radius 1 is 1.38 bits per heavy atom. The first kappa shape index (κ1) is 15.6. The van der Waals surface area contributed by atoms with Crippen molar-refractivity contribution >= 4 is 37.3 Å². The van der Waals surface area contributed by atoms with Gasteiger partial charge in [-0.2, -0.15) is 0 Å². The molecule has 1 aromatic carbocycles. The minimum absolute atomic E-state index is 0.00642. The zero-order chi connectivity index (χ0) is 15.5. The number of rotatable bonds is 5. The predicted molar refractivity (Wildman–Crippen MR) is 84.8 cm³/mol. The monoisotopic (exact) mass is 371 g/mol. The maximum Gasteiger partial charge on any atom is 0.265 e. The molecule has 0 atom stereocenters. The summed E-state index contributed by atoms with van der Waals surface area (Å²) >= 11 is 3.24. The maximum atomic E-state index is 12.5. The average molecular weight is 372 g/mol. The molecule has 2 rings (SSSR count). The smallest absolute Gasteiger partial charge is 0.265 e. The Bertz CT molecular complexity index is 750. The van der Waals surface area contributed by atoms with Crippen molar-refractivity contribution in [2.45, 2.75) is 11.8 Å². The summed E-state index contributed by atoms with van der Waals surface area (Å²) in [6.07, 6.45) is 2.99. The van der Waals surface area contributed by atoms with E-state index in [2.05, 4.69) is 25.6 Å². The SMILES string of the molecule is CCOc1ccc(N)cc1S(=O)(=O)Nc1ccncc1Br. The molecule has 0 amide bonds. The van der Waals surface area contributed by atoms with Crippen LogP contribution in [-0.4, -0.2) is 20.0 Å². The Morgan fingerprint density at radius 3 is 2.81 bits per heavy atom. The molecule has 0 saturated carbocycles. The fourth-order valence-electron chi connectivity index (χ4n) is 1.67. The molecule has 21 heavy (non-hydrogen) atoms. The molecule has 2 aromatic rings. The summed E-state index contributed by atoms with van der Waals surface area (Å²) in [4.78, 5) is 3.88. The van der Waals surface area contributed by atoms with Gasteiger partial charge in [0.1, 0.15) is 10.6 Å². The van der Waals surface area contributed by atoms with E-state index < -0.39 is 10.0 Å². The van der Waals surface area contributed by atoms with E-state index in [0.717, 1.165) is 0 Å². The number of benzene rings is 1. The zero-order valence-electron chi connectivity index (χ0n) is 11.2. The lowest BCUT2D eigenvalue weighted by molar-refractivity contribution is 0.331. The lowest BCUT2D eigenvalue weighted by Gasteiger charge is -2.13. The predicted octanol–water partition coefficient (Wildman–Crippen LogP) is 2.63. The summed E-state index contributed by atoms with van der Waals surface area (Å²) in [7, 11) is -3.82. The van der Waals surface area contributed by atoms with Crippen LogP contribution < -0.4 is 15.2 Å². The molecule has 0 spiro atoms. The quantitative estimate of drug-likeness (QED) is 0.787. The van der Waals surface area contributed by atoms with Crippen LogP contribution in [0, 0.1) is 0 Å². The molecule has 0 saturated heterocycles. The third-order valence-corrected chi connectivity index (χ3v) is 4.59. The second kappa shape index (κ2) is 6.31. The van der Waals surface area contributed by atoms with Crippen LogP contribution in [0.5, 0.6) is 5.75 Å². The van der Waals surface area contributed by atoms with E-state index in [4.69, 9.17) is 10.5 Å². The van der Waals surface area contributed by atoms with Crippen LogP contribution >= 0.6 is 15.9 Å². The van der Waals surface area contributed by atoms with Crippen molar-refractivity contribution in [1.29, 1.82) is 0 Å². The number of pyridine rings is 1. The largest absolute Gasteiger partial charge is 0.492 e. The van der Waals surface area contributed by atoms with Gasteiger partial charge in [-0.3, -0.25) is 9.71 Å². The Labute approximate surface area is 131 Å². The number of sulfonamides is 1. The molecule has 1 heterocycles. The molecule has 1 aromatic heterocycles. The molecular weight excluding hydrogens is 358 g/mol. The minimum atomic E-state index is -3.82. The highest BCUT2D eigenvalue weighted by Gasteiger charge is 2.21. The molecule has 112 valence electrons. The van der Waals surface area contributed by atoms with Crippen LogP contribution in [0.3, 0.4) is 0 Å². The first-order valence-electron chi connectivity index (χ1n) is 6.08. The Kier molecular flexibility index (Phi) is 4.69. The number of nitrogen functional groups attached to an aromatic ring is 1. The number of nitrogens with zero attached hydrogens (tertiary/aromatic N) is 1. The van der Waals surface area contributed by atoms with Gasteiger partial charge in [0.05, 0.1) is 16.8 Å². The van der Waals surface area contributed by atoms with E-state index >= 15 is 0 Å². The Hall–Kier alpha value is -1.80. The van der Waals surface area contributed by atoms with Crippen LogP contribution in [0.2, 0.25) is 0 Å². The summed E-state index contributed by atoms with van der Waals surface area (Å²) < 4.78 is 33.4. The summed E-state index contributed by atoms with van der Waals surface area (Å²) in [5.74, 6) is 0.254. The number of nitrogens with two attached hydrogens (primary N) is 1. The van der Waals surface area contributed by atoms with Crippen molar-refractivity contribution in [2.24, 2.45) is 0 Å². The van der Waals surface area contributed by atoms with Crippen LogP contribution in [-0.2, 0) is 10.0 Å². The van der Waals surface area contributed by atoms with Gasteiger partial charge in [-0.05, 0) is 47.1 Å². The molecule has 0 radical (unpaired) electrons. The van der Waals surface area contributed by atoms with Gasteiger partial charge in [0.2, 0.25) is 0 Å². The van der Waals surface area contributed by atoms with Crippen LogP contribution in [0.15, 0.2) is 46.0 Å². The maximum absolute atomic E-state index is 12.5. The fraction of sp³-hybridized carbons (Fsp3) is 0.154. The summed E-state index contributed by atoms with van der Waals surface area (Å²) in [6, 6.07) is 6.04. The van der Waals surface area contributed by atoms with Crippen molar-refractivity contribution in [2.75, 3.05) is 17.1 Å². The fourth-order valence-corrected chi connectivity index (χ4v) is 3.41. The molecule has 0 unspecified atom stereocenters. The van der Waals surface area contributed by atoms with Gasteiger partial charge in [0.15, 0.2) is 0 Å². The third kappa shape index (κ3) is 3.64. The van der Waals surface area contributed by atoms with Crippen molar-refractivity contribution < 1.29 is 13.2 Å². The van der Waals surface area contributed by atoms with Gasteiger partial charge in [-0.1, -0.05) is 0 Å². The minimum Gasteiger partial charge on any atom is -0.492 e. The number of halogens is 1. The van der Waals surface area contributed by atoms with Crippen molar-refractivity contribution in [3.63, 3.8) is 0 Å². The molecular formula is C13H14BrN3O3S. The highest BCUT2D eigenvalue weighted by atomic mass is 79.9. The summed E-state index contributed by atoms with van der Waals surface area (Å²) in [5, 5.41) is 0. The van der Waals surface area contributed by atoms with E-state index in [1.54, 1.807) is 19.1 Å². The molecule has 0 bridgehead atoms. The van der Waals surface area contributed by atoms with Crippen LogP contribution in [0.1, 0.15) is 6.92 Å². The first-order chi connectivity index (χ1) is 9.94. The second-order valence-corrected chi connectivity index (χ2v) is 6.61. The highest BCUT2D eigenvalue weighted by molar-refractivity contribution is 9.10. The zero-order valence-corrected chi connectivity index (χ0v) is 13.6. The van der Waals surface area contributed by atoms with Gasteiger partial charge >= 0.3 is 0 Å². The Morgan fingerprint density at radius 2 is 2.14 bits per heavy atom. The van der Waals surface area contributed by atoms with Gasteiger partial charge in [-0.25, -0.2) is 8.42 Å². The van der Waals surface area contributed by atoms with Gasteiger partial charge in [0, 0.05) is 18.1 Å². The first-order valence-corrected chi connectivity index (χ1v) is 8.36. The number of ether oxygens (including phenoxy) is 1. The molecule has 0 fully saturated rings. The number of aromatic nitrogens is 1. The number of anilines is 2. The Balaban J connectivity index is 2.44. The normalized spacial score (nSPS) is 11.1. The molecule has 6 nitrogen and oxygen atoms in total. The number of hydrogen-bond acceptors (Lipinski definition) is 5. The third-order valence-electron chi connectivity index (χ3n) is 2.57. The van der Waals surface area contributed by atoms with E-state index in [-0.39, 0.29) is 10.6 Å². The van der Waals surface area contributed by atoms with E-state index in [9.17, 15) is 8.42 Å². The van der Waals surface area contributed by atoms with E-state index in [1.165, 1.54) is 24.5 Å². The molecule has 0 aliphatic rings. The van der Waals surface area contributed by atoms with Gasteiger partial charge in [-0.15, -0.1) is 0 Å². The van der Waals surface area contributed by atoms with Gasteiger partial charge < -0.3 is 10.5 Å². The number of nitrogens with one attached hydrogen (secondary N) is 1. The molecule has 3 N–H and O–H groups in total. The summed E-state index contributed by atoms with van der Waals surface area (Å²) in [6.45, 7) is 2.13. The lowest BCUT2D eigenvalue weighted by atomic mass is 10.3. The number of hydrogen-bond donors (Lipinski definition) is 2. The highest BCUT2D eigenvalue weighted by Crippen LogP contribution is 2.30. The average Bonchev–Trinajstić information content (AvgIpc) is 2.43. The van der Waals surface area contributed by atoms with Crippen LogP contribution in [0.4, 0.5) is 11.4 Å². The second-order valence-electron chi connectivity index (χ2n) is 4.10. The lowest BCUT2D eigenvalue weighted by Crippen LogP contribution is -2.15. The molecule has 0 aliphatic carbocycles. The summed E-state index contributed by atoms with van der Waals surface area (Å²) in [5.41, 5.74) is 6.40.